The number of aromatic nitrogens is 3. The molecule has 3 N–H and O–H groups in total. The number of aromatic carboxylic acids is 1. The van der Waals surface area contributed by atoms with E-state index in [-0.39, 0.29) is 11.7 Å². The molecule has 1 saturated heterocycles. The number of primary amides is 1. The van der Waals surface area contributed by atoms with E-state index >= 15 is 0 Å². The smallest absolute Gasteiger partial charge is 0.356 e. The van der Waals surface area contributed by atoms with E-state index in [1.54, 1.807) is 39.8 Å². The Kier molecular flexibility index (Phi) is 8.30. The van der Waals surface area contributed by atoms with Crippen molar-refractivity contribution in [3.05, 3.63) is 64.0 Å². The van der Waals surface area contributed by atoms with Crippen LogP contribution >= 0.6 is 23.2 Å². The van der Waals surface area contributed by atoms with Crippen LogP contribution in [0.2, 0.25) is 10.0 Å². The standard InChI is InChI=1S/C17H13Cl2N3O2.C6H12N2O/c1-2-13-15(17(23)24)21-16(11-5-3-4-6-12(11)19)22(13)14-8-7-10(18)9-20-14;7-6(9)8-4-2-1-3-5-8/h3-9H,2H2,1H3,(H,23,24);1-5H2,(H2,7,9). The van der Waals surface area contributed by atoms with Crippen molar-refractivity contribution in [1.29, 1.82) is 0 Å². The van der Waals surface area contributed by atoms with Crippen LogP contribution < -0.4 is 5.73 Å². The van der Waals surface area contributed by atoms with E-state index in [2.05, 4.69) is 9.97 Å². The van der Waals surface area contributed by atoms with Crippen molar-refractivity contribution < 1.29 is 14.7 Å². The SMILES string of the molecule is CCc1c(C(=O)O)nc(-c2ccccc2Cl)n1-c1ccc(Cl)cn1.NC(=O)N1CCCCC1. The summed E-state index contributed by atoms with van der Waals surface area (Å²) in [4.78, 5) is 32.4. The van der Waals surface area contributed by atoms with Gasteiger partial charge in [-0.3, -0.25) is 4.57 Å². The number of pyridine rings is 1. The fourth-order valence-electron chi connectivity index (χ4n) is 3.64. The van der Waals surface area contributed by atoms with Gasteiger partial charge in [0.2, 0.25) is 0 Å². The second-order valence-electron chi connectivity index (χ2n) is 7.43. The molecule has 0 saturated carbocycles. The third kappa shape index (κ3) is 5.83. The largest absolute Gasteiger partial charge is 0.476 e. The van der Waals surface area contributed by atoms with Crippen molar-refractivity contribution in [1.82, 2.24) is 19.4 Å². The van der Waals surface area contributed by atoms with Crippen molar-refractivity contribution in [2.24, 2.45) is 5.73 Å². The Bertz CT molecular complexity index is 1130. The first-order chi connectivity index (χ1) is 15.8. The highest BCUT2D eigenvalue weighted by molar-refractivity contribution is 6.33. The van der Waals surface area contributed by atoms with Crippen molar-refractivity contribution in [3.63, 3.8) is 0 Å². The molecule has 10 heteroatoms. The zero-order valence-electron chi connectivity index (χ0n) is 18.2. The van der Waals surface area contributed by atoms with E-state index in [1.807, 2.05) is 13.0 Å². The van der Waals surface area contributed by atoms with Crippen LogP contribution in [-0.2, 0) is 6.42 Å². The van der Waals surface area contributed by atoms with Crippen molar-refractivity contribution >= 4 is 35.2 Å². The molecule has 1 aliphatic heterocycles. The van der Waals surface area contributed by atoms with E-state index in [4.69, 9.17) is 28.9 Å². The van der Waals surface area contributed by atoms with Gasteiger partial charge in [0.1, 0.15) is 11.6 Å². The quantitative estimate of drug-likeness (QED) is 0.531. The Hall–Kier alpha value is -3.10. The maximum atomic E-state index is 11.6. The normalized spacial score (nSPS) is 13.2. The number of hydrogen-bond donors (Lipinski definition) is 2. The molecule has 0 unspecified atom stereocenters. The van der Waals surface area contributed by atoms with Gasteiger partial charge in [-0.25, -0.2) is 19.6 Å². The van der Waals surface area contributed by atoms with Crippen LogP contribution in [0.4, 0.5) is 4.79 Å². The summed E-state index contributed by atoms with van der Waals surface area (Å²) >= 11 is 12.2. The summed E-state index contributed by atoms with van der Waals surface area (Å²) < 4.78 is 1.71. The lowest BCUT2D eigenvalue weighted by atomic mass is 10.1. The van der Waals surface area contributed by atoms with Crippen molar-refractivity contribution in [2.45, 2.75) is 32.6 Å². The van der Waals surface area contributed by atoms with E-state index in [0.717, 1.165) is 25.9 Å². The molecule has 1 fully saturated rings. The number of hydrogen-bond acceptors (Lipinski definition) is 4. The minimum absolute atomic E-state index is 0.0100. The molecule has 3 aromatic rings. The van der Waals surface area contributed by atoms with E-state index in [9.17, 15) is 14.7 Å². The first-order valence-electron chi connectivity index (χ1n) is 10.6. The molecule has 33 heavy (non-hydrogen) atoms. The first-order valence-corrected chi connectivity index (χ1v) is 11.3. The van der Waals surface area contributed by atoms with Gasteiger partial charge in [0.15, 0.2) is 5.69 Å². The Morgan fingerprint density at radius 3 is 2.30 bits per heavy atom. The Morgan fingerprint density at radius 1 is 1.09 bits per heavy atom. The summed E-state index contributed by atoms with van der Waals surface area (Å²) in [5.41, 5.74) is 6.23. The van der Waals surface area contributed by atoms with Crippen molar-refractivity contribution in [3.8, 4) is 17.2 Å². The Balaban J connectivity index is 0.000000286. The van der Waals surface area contributed by atoms with Crippen LogP contribution in [0.15, 0.2) is 42.6 Å². The molecule has 0 atom stereocenters. The fraction of sp³-hybridized carbons (Fsp3) is 0.304. The predicted octanol–water partition coefficient (Wildman–Crippen LogP) is 5.05. The second-order valence-corrected chi connectivity index (χ2v) is 8.27. The molecule has 1 aromatic carbocycles. The third-order valence-electron chi connectivity index (χ3n) is 5.23. The summed E-state index contributed by atoms with van der Waals surface area (Å²) in [5, 5.41) is 10.5. The molecule has 0 aliphatic carbocycles. The molecule has 1 aliphatic rings. The number of carbonyl (C=O) groups excluding carboxylic acids is 1. The van der Waals surface area contributed by atoms with Gasteiger partial charge in [-0.2, -0.15) is 0 Å². The monoisotopic (exact) mass is 489 g/mol. The van der Waals surface area contributed by atoms with Gasteiger partial charge in [-0.15, -0.1) is 0 Å². The van der Waals surface area contributed by atoms with E-state index < -0.39 is 5.97 Å². The number of carboxylic acids is 1. The number of carbonyl (C=O) groups is 2. The minimum Gasteiger partial charge on any atom is -0.476 e. The summed E-state index contributed by atoms with van der Waals surface area (Å²) in [6, 6.07) is 10.3. The Labute approximate surface area is 202 Å². The van der Waals surface area contributed by atoms with Gasteiger partial charge >= 0.3 is 12.0 Å². The van der Waals surface area contributed by atoms with Crippen LogP contribution in [0.1, 0.15) is 42.4 Å². The summed E-state index contributed by atoms with van der Waals surface area (Å²) in [5.74, 6) is -0.122. The highest BCUT2D eigenvalue weighted by Crippen LogP contribution is 2.31. The van der Waals surface area contributed by atoms with Crippen LogP contribution in [0, 0.1) is 0 Å². The van der Waals surface area contributed by atoms with Gasteiger partial charge in [-0.1, -0.05) is 42.3 Å². The van der Waals surface area contributed by atoms with Gasteiger partial charge in [0.05, 0.1) is 15.7 Å². The topological polar surface area (TPSA) is 114 Å². The lowest BCUT2D eigenvalue weighted by molar-refractivity contribution is 0.0689. The third-order valence-corrected chi connectivity index (χ3v) is 5.79. The maximum Gasteiger partial charge on any atom is 0.356 e. The van der Waals surface area contributed by atoms with E-state index in [1.165, 1.54) is 12.6 Å². The molecule has 2 aromatic heterocycles. The number of piperidine rings is 1. The molecule has 3 heterocycles. The molecule has 8 nitrogen and oxygen atoms in total. The number of halogens is 2. The van der Waals surface area contributed by atoms with Crippen LogP contribution in [0.5, 0.6) is 0 Å². The van der Waals surface area contributed by atoms with Gasteiger partial charge in [0, 0.05) is 24.8 Å². The lowest BCUT2D eigenvalue weighted by Crippen LogP contribution is -2.39. The number of benzene rings is 1. The zero-order valence-corrected chi connectivity index (χ0v) is 19.7. The number of likely N-dealkylation sites (tertiary alicyclic amines) is 1. The number of amides is 2. The molecular formula is C23H25Cl2N5O3. The summed E-state index contributed by atoms with van der Waals surface area (Å²) in [6.07, 6.45) is 5.45. The van der Waals surface area contributed by atoms with Gasteiger partial charge < -0.3 is 15.7 Å². The summed E-state index contributed by atoms with van der Waals surface area (Å²) in [6.45, 7) is 3.58. The highest BCUT2D eigenvalue weighted by atomic mass is 35.5. The number of rotatable bonds is 4. The number of urea groups is 1. The molecule has 0 radical (unpaired) electrons. The van der Waals surface area contributed by atoms with Crippen LogP contribution in [0.25, 0.3) is 17.2 Å². The second kappa shape index (κ2) is 11.2. The van der Waals surface area contributed by atoms with Gasteiger partial charge in [-0.05, 0) is 49.9 Å². The molecule has 0 spiro atoms. The molecule has 174 valence electrons. The number of imidazole rings is 1. The number of nitrogens with zero attached hydrogens (tertiary/aromatic N) is 4. The average molecular weight is 490 g/mol. The molecule has 2 amide bonds. The predicted molar refractivity (Wildman–Crippen MR) is 128 cm³/mol. The summed E-state index contributed by atoms with van der Waals surface area (Å²) in [7, 11) is 0. The average Bonchev–Trinajstić information content (AvgIpc) is 3.20. The number of nitrogens with two attached hydrogens (primary N) is 1. The first kappa shape index (κ1) is 24.5. The zero-order chi connectivity index (χ0) is 24.0. The fourth-order valence-corrected chi connectivity index (χ4v) is 3.97. The molecular weight excluding hydrogens is 465 g/mol. The minimum atomic E-state index is -1.09. The maximum absolute atomic E-state index is 11.6. The highest BCUT2D eigenvalue weighted by Gasteiger charge is 2.24. The molecule has 0 bridgehead atoms. The van der Waals surface area contributed by atoms with Crippen LogP contribution in [-0.4, -0.2) is 49.6 Å². The van der Waals surface area contributed by atoms with Crippen LogP contribution in [0.3, 0.4) is 0 Å². The Morgan fingerprint density at radius 2 is 1.79 bits per heavy atom. The molecule has 4 rings (SSSR count). The lowest BCUT2D eigenvalue weighted by Gasteiger charge is -2.24. The van der Waals surface area contributed by atoms with E-state index in [0.29, 0.717) is 39.4 Å². The van der Waals surface area contributed by atoms with Crippen molar-refractivity contribution in [2.75, 3.05) is 13.1 Å². The number of carboxylic acid groups (broad SMARTS) is 1. The van der Waals surface area contributed by atoms with Gasteiger partial charge in [0.25, 0.3) is 0 Å².